The highest BCUT2D eigenvalue weighted by Crippen LogP contribution is 2.20. The Bertz CT molecular complexity index is 421. The van der Waals surface area contributed by atoms with Gasteiger partial charge in [0, 0.05) is 31.8 Å². The summed E-state index contributed by atoms with van der Waals surface area (Å²) in [6.07, 6.45) is 6.28. The van der Waals surface area contributed by atoms with Crippen molar-refractivity contribution in [3.63, 3.8) is 0 Å². The molecule has 4 heteroatoms. The third-order valence-electron chi connectivity index (χ3n) is 5.14. The number of likely N-dealkylation sites (tertiary alicyclic amines) is 1. The Morgan fingerprint density at radius 2 is 1.88 bits per heavy atom. The molecule has 0 N–H and O–H groups in total. The maximum atomic E-state index is 11.7. The number of hydrogen-bond donors (Lipinski definition) is 0. The van der Waals surface area contributed by atoms with Gasteiger partial charge >= 0.3 is 0 Å². The molecule has 0 aromatic heterocycles. The normalized spacial score (nSPS) is 17.5. The Morgan fingerprint density at radius 1 is 1.25 bits per heavy atom. The van der Waals surface area contributed by atoms with Gasteiger partial charge in [0.25, 0.3) is 0 Å². The SMILES string of the molecule is C=NN(/C=C(\C)C(C)C)CC1CCN(CCCC(=O)C(C)C)CC1. The third-order valence-corrected chi connectivity index (χ3v) is 5.14. The Hall–Kier alpha value is -1.16. The lowest BCUT2D eigenvalue weighted by Crippen LogP contribution is -2.37. The van der Waals surface area contributed by atoms with Crippen LogP contribution in [-0.2, 0) is 4.79 Å². The van der Waals surface area contributed by atoms with Gasteiger partial charge in [0.1, 0.15) is 5.78 Å². The van der Waals surface area contributed by atoms with Crippen molar-refractivity contribution in [1.82, 2.24) is 9.91 Å². The first-order chi connectivity index (χ1) is 11.3. The van der Waals surface area contributed by atoms with E-state index in [1.807, 2.05) is 18.9 Å². The molecular formula is C20H37N3O. The van der Waals surface area contributed by atoms with E-state index in [0.717, 1.165) is 39.0 Å². The van der Waals surface area contributed by atoms with Crippen LogP contribution in [0.1, 0.15) is 60.3 Å². The molecule has 0 saturated carbocycles. The van der Waals surface area contributed by atoms with Crippen molar-refractivity contribution < 1.29 is 4.79 Å². The van der Waals surface area contributed by atoms with Crippen molar-refractivity contribution in [1.29, 1.82) is 0 Å². The van der Waals surface area contributed by atoms with E-state index in [2.05, 4.69) is 43.7 Å². The summed E-state index contributed by atoms with van der Waals surface area (Å²) in [5, 5.41) is 6.18. The second kappa shape index (κ2) is 10.7. The Morgan fingerprint density at radius 3 is 2.38 bits per heavy atom. The van der Waals surface area contributed by atoms with Crippen molar-refractivity contribution in [2.24, 2.45) is 22.9 Å². The molecule has 1 aliphatic rings. The fraction of sp³-hybridized carbons (Fsp3) is 0.800. The second-order valence-electron chi connectivity index (χ2n) is 7.80. The van der Waals surface area contributed by atoms with Crippen LogP contribution in [0.15, 0.2) is 16.9 Å². The molecule has 0 spiro atoms. The van der Waals surface area contributed by atoms with Crippen LogP contribution in [0.25, 0.3) is 0 Å². The molecule has 1 saturated heterocycles. The highest BCUT2D eigenvalue weighted by Gasteiger charge is 2.20. The molecular weight excluding hydrogens is 298 g/mol. The second-order valence-corrected chi connectivity index (χ2v) is 7.80. The average Bonchev–Trinajstić information content (AvgIpc) is 2.55. The lowest BCUT2D eigenvalue weighted by atomic mass is 9.96. The molecule has 1 rings (SSSR count). The van der Waals surface area contributed by atoms with E-state index >= 15 is 0 Å². The first-order valence-electron chi connectivity index (χ1n) is 9.50. The van der Waals surface area contributed by atoms with E-state index in [9.17, 15) is 4.79 Å². The number of Topliss-reactive ketones (excluding diaryl/α,β-unsaturated/α-hetero) is 1. The van der Waals surface area contributed by atoms with Crippen LogP contribution in [0.3, 0.4) is 0 Å². The fourth-order valence-corrected chi connectivity index (χ4v) is 2.96. The average molecular weight is 336 g/mol. The highest BCUT2D eigenvalue weighted by atomic mass is 16.1. The topological polar surface area (TPSA) is 35.9 Å². The zero-order chi connectivity index (χ0) is 18.1. The summed E-state index contributed by atoms with van der Waals surface area (Å²) in [6.45, 7) is 18.6. The molecule has 0 radical (unpaired) electrons. The standard InChI is InChI=1S/C20H37N3O/c1-16(2)18(5)14-23(21-6)15-19-9-12-22(13-10-19)11-7-8-20(24)17(3)4/h14,16-17,19H,6-13,15H2,1-5H3/b18-14+. The predicted molar refractivity (Wildman–Crippen MR) is 103 cm³/mol. The molecule has 0 unspecified atom stereocenters. The monoisotopic (exact) mass is 335 g/mol. The molecule has 0 aliphatic carbocycles. The molecule has 24 heavy (non-hydrogen) atoms. The van der Waals surface area contributed by atoms with E-state index in [-0.39, 0.29) is 5.92 Å². The van der Waals surface area contributed by atoms with Gasteiger partial charge in [-0.05, 0) is 57.7 Å². The maximum Gasteiger partial charge on any atom is 0.135 e. The van der Waals surface area contributed by atoms with Crippen molar-refractivity contribution in [2.45, 2.75) is 60.3 Å². The predicted octanol–water partition coefficient (Wildman–Crippen LogP) is 4.18. The Labute approximate surface area is 149 Å². The zero-order valence-electron chi connectivity index (χ0n) is 16.4. The Balaban J connectivity index is 2.31. The van der Waals surface area contributed by atoms with E-state index in [1.165, 1.54) is 18.4 Å². The van der Waals surface area contributed by atoms with Crippen molar-refractivity contribution in [2.75, 3.05) is 26.2 Å². The lowest BCUT2D eigenvalue weighted by molar-refractivity contribution is -0.122. The van der Waals surface area contributed by atoms with E-state index in [0.29, 0.717) is 17.6 Å². The smallest absolute Gasteiger partial charge is 0.135 e. The van der Waals surface area contributed by atoms with Gasteiger partial charge in [0.15, 0.2) is 0 Å². The van der Waals surface area contributed by atoms with Crippen molar-refractivity contribution >= 4 is 12.5 Å². The number of nitrogens with zero attached hydrogens (tertiary/aromatic N) is 3. The molecule has 4 nitrogen and oxygen atoms in total. The third kappa shape index (κ3) is 7.61. The summed E-state index contributed by atoms with van der Waals surface area (Å²) in [4.78, 5) is 14.2. The van der Waals surface area contributed by atoms with Gasteiger partial charge in [-0.3, -0.25) is 9.80 Å². The summed E-state index contributed by atoms with van der Waals surface area (Å²) < 4.78 is 0. The summed E-state index contributed by atoms with van der Waals surface area (Å²) in [5.74, 6) is 1.80. The summed E-state index contributed by atoms with van der Waals surface area (Å²) >= 11 is 0. The fourth-order valence-electron chi connectivity index (χ4n) is 2.96. The number of carbonyl (C=O) groups excluding carboxylic acids is 1. The van der Waals surface area contributed by atoms with Gasteiger partial charge in [-0.2, -0.15) is 5.10 Å². The van der Waals surface area contributed by atoms with Crippen molar-refractivity contribution in [3.8, 4) is 0 Å². The van der Waals surface area contributed by atoms with E-state index in [4.69, 9.17) is 0 Å². The number of allylic oxidation sites excluding steroid dienone is 1. The van der Waals surface area contributed by atoms with Crippen LogP contribution in [0, 0.1) is 17.8 Å². The largest absolute Gasteiger partial charge is 0.303 e. The van der Waals surface area contributed by atoms with Gasteiger partial charge in [0.05, 0.1) is 0 Å². The molecule has 0 aromatic rings. The molecule has 1 fully saturated rings. The molecule has 0 bridgehead atoms. The van der Waals surface area contributed by atoms with Crippen LogP contribution in [-0.4, -0.2) is 48.6 Å². The molecule has 138 valence electrons. The van der Waals surface area contributed by atoms with E-state index in [1.54, 1.807) is 0 Å². The van der Waals surface area contributed by atoms with Crippen molar-refractivity contribution in [3.05, 3.63) is 11.8 Å². The van der Waals surface area contributed by atoms with Gasteiger partial charge in [-0.25, -0.2) is 0 Å². The Kier molecular flexibility index (Phi) is 9.27. The molecule has 0 atom stereocenters. The molecule has 1 heterocycles. The lowest BCUT2D eigenvalue weighted by Gasteiger charge is -2.33. The number of piperidine rings is 1. The summed E-state index contributed by atoms with van der Waals surface area (Å²) in [6, 6.07) is 0. The van der Waals surface area contributed by atoms with E-state index < -0.39 is 0 Å². The number of rotatable bonds is 10. The number of hydrogen-bond acceptors (Lipinski definition) is 4. The first-order valence-corrected chi connectivity index (χ1v) is 9.50. The first kappa shape index (κ1) is 20.9. The van der Waals surface area contributed by atoms with Crippen LogP contribution in [0.5, 0.6) is 0 Å². The minimum Gasteiger partial charge on any atom is -0.303 e. The van der Waals surface area contributed by atoms with Gasteiger partial charge in [-0.15, -0.1) is 0 Å². The number of ketones is 1. The summed E-state index contributed by atoms with van der Waals surface area (Å²) in [5.41, 5.74) is 1.34. The zero-order valence-corrected chi connectivity index (χ0v) is 16.4. The summed E-state index contributed by atoms with van der Waals surface area (Å²) in [7, 11) is 0. The van der Waals surface area contributed by atoms with Gasteiger partial charge in [-0.1, -0.05) is 33.3 Å². The van der Waals surface area contributed by atoms with Crippen LogP contribution >= 0.6 is 0 Å². The minimum absolute atomic E-state index is 0.176. The number of hydrazone groups is 1. The molecule has 0 aromatic carbocycles. The van der Waals surface area contributed by atoms with Crippen LogP contribution in [0.4, 0.5) is 0 Å². The van der Waals surface area contributed by atoms with Crippen LogP contribution < -0.4 is 0 Å². The molecule has 1 aliphatic heterocycles. The minimum atomic E-state index is 0.176. The van der Waals surface area contributed by atoms with Gasteiger partial charge < -0.3 is 4.90 Å². The number of carbonyl (C=O) groups is 1. The highest BCUT2D eigenvalue weighted by molar-refractivity contribution is 5.80. The molecule has 0 amide bonds. The quantitative estimate of drug-likeness (QED) is 0.444. The maximum absolute atomic E-state index is 11.7. The van der Waals surface area contributed by atoms with Crippen LogP contribution in [0.2, 0.25) is 0 Å². The van der Waals surface area contributed by atoms with Gasteiger partial charge in [0.2, 0.25) is 0 Å².